The van der Waals surface area contributed by atoms with Crippen LogP contribution < -0.4 is 0 Å². The minimum absolute atomic E-state index is 0.314. The minimum atomic E-state index is -1.04. The number of rotatable bonds is 3. The molecule has 13 heavy (non-hydrogen) atoms. The van der Waals surface area contributed by atoms with Crippen LogP contribution in [0.1, 0.15) is 18.2 Å². The SMILES string of the molecule is Cn1nc(Br)cc1C(O)CC(=O)O. The van der Waals surface area contributed by atoms with E-state index in [9.17, 15) is 9.90 Å². The van der Waals surface area contributed by atoms with Crippen LogP contribution in [0.4, 0.5) is 0 Å². The predicted octanol–water partition coefficient (Wildman–Crippen LogP) is 0.691. The summed E-state index contributed by atoms with van der Waals surface area (Å²) in [6.45, 7) is 0. The van der Waals surface area contributed by atoms with E-state index in [4.69, 9.17) is 5.11 Å². The standard InChI is InChI=1S/C7H9BrN2O3/c1-10-4(2-6(8)9-10)5(11)3-7(12)13/h2,5,11H,3H2,1H3,(H,12,13). The lowest BCUT2D eigenvalue weighted by Crippen LogP contribution is -2.09. The lowest BCUT2D eigenvalue weighted by molar-refractivity contribution is -0.139. The number of aliphatic hydroxyl groups excluding tert-OH is 1. The molecule has 5 nitrogen and oxygen atoms in total. The Labute approximate surface area is 83.1 Å². The van der Waals surface area contributed by atoms with Crippen LogP contribution in [0.3, 0.4) is 0 Å². The summed E-state index contributed by atoms with van der Waals surface area (Å²) in [4.78, 5) is 10.3. The van der Waals surface area contributed by atoms with Gasteiger partial charge in [0.2, 0.25) is 0 Å². The molecule has 0 fully saturated rings. The van der Waals surface area contributed by atoms with Crippen LogP contribution in [0.25, 0.3) is 0 Å². The van der Waals surface area contributed by atoms with Crippen molar-refractivity contribution in [2.75, 3.05) is 0 Å². The largest absolute Gasteiger partial charge is 0.481 e. The Morgan fingerprint density at radius 3 is 2.85 bits per heavy atom. The first-order chi connectivity index (χ1) is 6.00. The molecule has 0 saturated carbocycles. The number of aromatic nitrogens is 2. The number of hydrogen-bond acceptors (Lipinski definition) is 3. The quantitative estimate of drug-likeness (QED) is 0.826. The number of nitrogens with zero attached hydrogens (tertiary/aromatic N) is 2. The molecule has 0 amide bonds. The number of hydrogen-bond donors (Lipinski definition) is 2. The van der Waals surface area contributed by atoms with Gasteiger partial charge in [-0.3, -0.25) is 9.48 Å². The molecule has 0 aliphatic carbocycles. The van der Waals surface area contributed by atoms with Gasteiger partial charge in [0.15, 0.2) is 0 Å². The highest BCUT2D eigenvalue weighted by molar-refractivity contribution is 9.10. The Bertz CT molecular complexity index is 324. The van der Waals surface area contributed by atoms with Gasteiger partial charge in [-0.05, 0) is 22.0 Å². The topological polar surface area (TPSA) is 75.3 Å². The zero-order valence-corrected chi connectivity index (χ0v) is 8.52. The second-order valence-corrected chi connectivity index (χ2v) is 3.44. The Morgan fingerprint density at radius 1 is 1.85 bits per heavy atom. The molecule has 0 aromatic carbocycles. The molecule has 1 heterocycles. The molecule has 1 rings (SSSR count). The Balaban J connectivity index is 2.81. The Morgan fingerprint density at radius 2 is 2.46 bits per heavy atom. The van der Waals surface area contributed by atoms with E-state index in [0.717, 1.165) is 0 Å². The maximum atomic E-state index is 10.3. The van der Waals surface area contributed by atoms with Crippen molar-refractivity contribution in [3.8, 4) is 0 Å². The number of carboxylic acids is 1. The van der Waals surface area contributed by atoms with Crippen LogP contribution >= 0.6 is 15.9 Å². The molecule has 0 spiro atoms. The van der Waals surface area contributed by atoms with Crippen molar-refractivity contribution in [2.45, 2.75) is 12.5 Å². The fourth-order valence-corrected chi connectivity index (χ4v) is 1.50. The van der Waals surface area contributed by atoms with E-state index in [1.54, 1.807) is 13.1 Å². The van der Waals surface area contributed by atoms with Gasteiger partial charge in [-0.2, -0.15) is 5.10 Å². The van der Waals surface area contributed by atoms with Crippen molar-refractivity contribution >= 4 is 21.9 Å². The van der Waals surface area contributed by atoms with Crippen molar-refractivity contribution in [1.29, 1.82) is 0 Å². The van der Waals surface area contributed by atoms with Gasteiger partial charge in [0, 0.05) is 7.05 Å². The summed E-state index contributed by atoms with van der Waals surface area (Å²) in [6.07, 6.45) is -1.33. The minimum Gasteiger partial charge on any atom is -0.481 e. The second kappa shape index (κ2) is 3.89. The molecule has 1 atom stereocenters. The number of carbonyl (C=O) groups is 1. The van der Waals surface area contributed by atoms with E-state index in [-0.39, 0.29) is 6.42 Å². The van der Waals surface area contributed by atoms with Crippen LogP contribution in [0.2, 0.25) is 0 Å². The summed E-state index contributed by atoms with van der Waals surface area (Å²) >= 11 is 3.13. The molecule has 0 saturated heterocycles. The monoisotopic (exact) mass is 248 g/mol. The van der Waals surface area contributed by atoms with Gasteiger partial charge >= 0.3 is 5.97 Å². The molecule has 0 aliphatic heterocycles. The highest BCUT2D eigenvalue weighted by Gasteiger charge is 2.16. The molecule has 0 bridgehead atoms. The summed E-state index contributed by atoms with van der Waals surface area (Å²) in [5.41, 5.74) is 0.481. The van der Waals surface area contributed by atoms with E-state index in [0.29, 0.717) is 10.3 Å². The van der Waals surface area contributed by atoms with Crippen molar-refractivity contribution in [2.24, 2.45) is 7.05 Å². The lowest BCUT2D eigenvalue weighted by atomic mass is 10.2. The zero-order chi connectivity index (χ0) is 10.0. The van der Waals surface area contributed by atoms with Crippen molar-refractivity contribution in [3.05, 3.63) is 16.4 Å². The van der Waals surface area contributed by atoms with Crippen molar-refractivity contribution in [1.82, 2.24) is 9.78 Å². The molecule has 0 radical (unpaired) electrons. The van der Waals surface area contributed by atoms with Gasteiger partial charge < -0.3 is 10.2 Å². The molecule has 1 unspecified atom stereocenters. The number of halogens is 1. The van der Waals surface area contributed by atoms with Crippen LogP contribution in [-0.2, 0) is 11.8 Å². The highest BCUT2D eigenvalue weighted by Crippen LogP contribution is 2.19. The molecule has 2 N–H and O–H groups in total. The second-order valence-electron chi connectivity index (χ2n) is 2.63. The first-order valence-electron chi connectivity index (χ1n) is 3.60. The van der Waals surface area contributed by atoms with Gasteiger partial charge in [0.05, 0.1) is 12.1 Å². The molecule has 0 aliphatic rings. The van der Waals surface area contributed by atoms with Gasteiger partial charge in [0.1, 0.15) is 10.7 Å². The Kier molecular flexibility index (Phi) is 3.05. The number of aryl methyl sites for hydroxylation is 1. The molecular weight excluding hydrogens is 240 g/mol. The normalized spacial score (nSPS) is 12.8. The van der Waals surface area contributed by atoms with Crippen molar-refractivity contribution in [3.63, 3.8) is 0 Å². The molecule has 72 valence electrons. The van der Waals surface area contributed by atoms with E-state index in [1.165, 1.54) is 4.68 Å². The molecule has 1 aromatic rings. The first-order valence-corrected chi connectivity index (χ1v) is 4.39. The highest BCUT2D eigenvalue weighted by atomic mass is 79.9. The van der Waals surface area contributed by atoms with Crippen molar-refractivity contribution < 1.29 is 15.0 Å². The Hall–Kier alpha value is -0.880. The van der Waals surface area contributed by atoms with Crippen LogP contribution in [0.5, 0.6) is 0 Å². The zero-order valence-electron chi connectivity index (χ0n) is 6.94. The molecule has 6 heteroatoms. The van der Waals surface area contributed by atoms with E-state index < -0.39 is 12.1 Å². The van der Waals surface area contributed by atoms with Gasteiger partial charge in [0.25, 0.3) is 0 Å². The third-order valence-electron chi connectivity index (χ3n) is 1.60. The number of aliphatic hydroxyl groups is 1. The predicted molar refractivity (Wildman–Crippen MR) is 48.1 cm³/mol. The maximum absolute atomic E-state index is 10.3. The van der Waals surface area contributed by atoms with E-state index in [2.05, 4.69) is 21.0 Å². The lowest BCUT2D eigenvalue weighted by Gasteiger charge is -2.06. The average molecular weight is 249 g/mol. The molecular formula is C7H9BrN2O3. The average Bonchev–Trinajstić information content (AvgIpc) is 2.28. The maximum Gasteiger partial charge on any atom is 0.306 e. The van der Waals surface area contributed by atoms with Gasteiger partial charge in [-0.15, -0.1) is 0 Å². The summed E-state index contributed by atoms with van der Waals surface area (Å²) in [7, 11) is 1.64. The summed E-state index contributed by atoms with van der Waals surface area (Å²) < 4.78 is 2.02. The van der Waals surface area contributed by atoms with Crippen LogP contribution in [0, 0.1) is 0 Å². The van der Waals surface area contributed by atoms with Crippen LogP contribution in [0.15, 0.2) is 10.7 Å². The molecule has 1 aromatic heterocycles. The van der Waals surface area contributed by atoms with Crippen LogP contribution in [-0.4, -0.2) is 26.0 Å². The van der Waals surface area contributed by atoms with E-state index in [1.807, 2.05) is 0 Å². The van der Waals surface area contributed by atoms with E-state index >= 15 is 0 Å². The fourth-order valence-electron chi connectivity index (χ4n) is 1.03. The smallest absolute Gasteiger partial charge is 0.306 e. The number of carboxylic acid groups (broad SMARTS) is 1. The van der Waals surface area contributed by atoms with Gasteiger partial charge in [-0.1, -0.05) is 0 Å². The summed E-state index contributed by atoms with van der Waals surface area (Å²) in [5.74, 6) is -1.04. The van der Waals surface area contributed by atoms with Gasteiger partial charge in [-0.25, -0.2) is 0 Å². The first kappa shape index (κ1) is 10.2. The number of aliphatic carboxylic acids is 1. The summed E-state index contributed by atoms with van der Waals surface area (Å²) in [5, 5.41) is 21.8. The third-order valence-corrected chi connectivity index (χ3v) is 1.98. The fraction of sp³-hybridized carbons (Fsp3) is 0.429. The summed E-state index contributed by atoms with van der Waals surface area (Å²) in [6, 6.07) is 1.59. The third kappa shape index (κ3) is 2.53.